The fourth-order valence-electron chi connectivity index (χ4n) is 0.827. The number of nitrogens with zero attached hydrogens (tertiary/aromatic N) is 1. The maximum atomic E-state index is 12.8. The maximum Gasteiger partial charge on any atom is 0.164 e. The van der Waals surface area contributed by atoms with E-state index in [9.17, 15) is 4.39 Å². The Morgan fingerprint density at radius 3 is 3.00 bits per heavy atom. The molecule has 1 heterocycles. The molecule has 12 heavy (non-hydrogen) atoms. The minimum absolute atomic E-state index is 0.0738. The van der Waals surface area contributed by atoms with E-state index >= 15 is 0 Å². The van der Waals surface area contributed by atoms with Crippen molar-refractivity contribution in [3.8, 4) is 0 Å². The van der Waals surface area contributed by atoms with Gasteiger partial charge in [0, 0.05) is 12.7 Å². The van der Waals surface area contributed by atoms with Gasteiger partial charge in [0.15, 0.2) is 11.0 Å². The molecule has 0 aromatic carbocycles. The predicted molar refractivity (Wildman–Crippen MR) is 46.6 cm³/mol. The van der Waals surface area contributed by atoms with Gasteiger partial charge in [-0.05, 0) is 18.2 Å². The number of rotatable bonds is 3. The summed E-state index contributed by atoms with van der Waals surface area (Å²) in [4.78, 5) is 3.68. The van der Waals surface area contributed by atoms with E-state index in [0.29, 0.717) is 6.54 Å². The smallest absolute Gasteiger partial charge is 0.164 e. The van der Waals surface area contributed by atoms with E-state index in [1.807, 2.05) is 6.92 Å². The second-order valence-corrected chi connectivity index (χ2v) is 2.75. The van der Waals surface area contributed by atoms with E-state index in [4.69, 9.17) is 11.6 Å². The van der Waals surface area contributed by atoms with Crippen molar-refractivity contribution in [2.75, 3.05) is 6.54 Å². The molecule has 1 aromatic rings. The molecule has 0 spiro atoms. The lowest BCUT2D eigenvalue weighted by atomic mass is 10.3. The van der Waals surface area contributed by atoms with Crippen LogP contribution in [0.4, 0.5) is 4.39 Å². The summed E-state index contributed by atoms with van der Waals surface area (Å²) < 4.78 is 12.8. The summed E-state index contributed by atoms with van der Waals surface area (Å²) in [5.41, 5.74) is 0.804. The Kier molecular flexibility index (Phi) is 3.44. The predicted octanol–water partition coefficient (Wildman–Crippen LogP) is 1.98. The maximum absolute atomic E-state index is 12.8. The summed E-state index contributed by atoms with van der Waals surface area (Å²) in [6.07, 6.45) is 1.56. The summed E-state index contributed by atoms with van der Waals surface area (Å²) in [5, 5.41) is 2.99. The molecular formula is C8H10ClFN2. The van der Waals surface area contributed by atoms with Crippen molar-refractivity contribution in [1.82, 2.24) is 10.3 Å². The van der Waals surface area contributed by atoms with Crippen LogP contribution in [0, 0.1) is 5.82 Å². The van der Waals surface area contributed by atoms with Crippen molar-refractivity contribution in [2.24, 2.45) is 0 Å². The molecule has 0 bridgehead atoms. The van der Waals surface area contributed by atoms with Gasteiger partial charge in [0.2, 0.25) is 0 Å². The molecule has 1 rings (SSSR count). The van der Waals surface area contributed by atoms with Crippen molar-refractivity contribution >= 4 is 11.6 Å². The molecule has 0 aliphatic carbocycles. The first-order chi connectivity index (χ1) is 5.74. The van der Waals surface area contributed by atoms with Crippen LogP contribution in [-0.4, -0.2) is 11.5 Å². The number of halogens is 2. The van der Waals surface area contributed by atoms with E-state index in [1.165, 1.54) is 6.07 Å². The van der Waals surface area contributed by atoms with Crippen LogP contribution < -0.4 is 5.32 Å². The fraction of sp³-hybridized carbons (Fsp3) is 0.375. The quantitative estimate of drug-likeness (QED) is 0.734. The van der Waals surface area contributed by atoms with Crippen LogP contribution in [0.2, 0.25) is 5.15 Å². The van der Waals surface area contributed by atoms with Gasteiger partial charge in [0.1, 0.15) is 0 Å². The Labute approximate surface area is 75.8 Å². The zero-order chi connectivity index (χ0) is 8.97. The first kappa shape index (κ1) is 9.42. The van der Waals surface area contributed by atoms with Gasteiger partial charge < -0.3 is 5.32 Å². The Hall–Kier alpha value is -0.670. The molecule has 66 valence electrons. The average Bonchev–Trinajstić information content (AvgIpc) is 2.07. The standard InChI is InChI=1S/C8H10ClFN2/c1-2-11-4-6-3-7(10)8(9)12-5-6/h3,5,11H,2,4H2,1H3. The molecule has 2 nitrogen and oxygen atoms in total. The Morgan fingerprint density at radius 1 is 1.67 bits per heavy atom. The molecule has 0 radical (unpaired) electrons. The number of pyridine rings is 1. The highest BCUT2D eigenvalue weighted by Crippen LogP contribution is 2.11. The highest BCUT2D eigenvalue weighted by atomic mass is 35.5. The van der Waals surface area contributed by atoms with Crippen molar-refractivity contribution in [1.29, 1.82) is 0 Å². The molecule has 0 fully saturated rings. The van der Waals surface area contributed by atoms with Gasteiger partial charge >= 0.3 is 0 Å². The normalized spacial score (nSPS) is 10.2. The molecule has 0 saturated carbocycles. The third kappa shape index (κ3) is 2.43. The van der Waals surface area contributed by atoms with Crippen LogP contribution in [-0.2, 0) is 6.54 Å². The fourth-order valence-corrected chi connectivity index (χ4v) is 0.930. The van der Waals surface area contributed by atoms with Crippen LogP contribution >= 0.6 is 11.6 Å². The summed E-state index contributed by atoms with van der Waals surface area (Å²) >= 11 is 5.41. The Morgan fingerprint density at radius 2 is 2.42 bits per heavy atom. The Balaban J connectivity index is 2.69. The van der Waals surface area contributed by atoms with Crippen LogP contribution in [0.3, 0.4) is 0 Å². The van der Waals surface area contributed by atoms with Crippen LogP contribution in [0.1, 0.15) is 12.5 Å². The number of nitrogens with one attached hydrogen (secondary N) is 1. The lowest BCUT2D eigenvalue weighted by Crippen LogP contribution is -2.12. The van der Waals surface area contributed by atoms with E-state index < -0.39 is 5.82 Å². The second kappa shape index (κ2) is 4.38. The molecular weight excluding hydrogens is 179 g/mol. The summed E-state index contributed by atoms with van der Waals surface area (Å²) in [5.74, 6) is -0.466. The lowest BCUT2D eigenvalue weighted by molar-refractivity contribution is 0.615. The van der Waals surface area contributed by atoms with Gasteiger partial charge in [-0.25, -0.2) is 9.37 Å². The summed E-state index contributed by atoms with van der Waals surface area (Å²) in [7, 11) is 0. The molecule has 0 saturated heterocycles. The third-order valence-corrected chi connectivity index (χ3v) is 1.71. The van der Waals surface area contributed by atoms with Gasteiger partial charge in [-0.15, -0.1) is 0 Å². The van der Waals surface area contributed by atoms with Gasteiger partial charge in [-0.3, -0.25) is 0 Å². The highest BCUT2D eigenvalue weighted by molar-refractivity contribution is 6.29. The third-order valence-electron chi connectivity index (χ3n) is 1.43. The van der Waals surface area contributed by atoms with Gasteiger partial charge in [0.25, 0.3) is 0 Å². The van der Waals surface area contributed by atoms with Gasteiger partial charge in [-0.2, -0.15) is 0 Å². The summed E-state index contributed by atoms with van der Waals surface area (Å²) in [6.45, 7) is 3.46. The minimum Gasteiger partial charge on any atom is -0.313 e. The number of hydrogen-bond donors (Lipinski definition) is 1. The first-order valence-electron chi connectivity index (χ1n) is 3.74. The highest BCUT2D eigenvalue weighted by Gasteiger charge is 2.00. The number of aromatic nitrogens is 1. The molecule has 0 atom stereocenters. The topological polar surface area (TPSA) is 24.9 Å². The largest absolute Gasteiger partial charge is 0.313 e. The molecule has 4 heteroatoms. The zero-order valence-corrected chi connectivity index (χ0v) is 7.53. The summed E-state index contributed by atoms with van der Waals surface area (Å²) in [6, 6.07) is 1.39. The van der Waals surface area contributed by atoms with Crippen molar-refractivity contribution in [3.63, 3.8) is 0 Å². The van der Waals surface area contributed by atoms with E-state index in [0.717, 1.165) is 12.1 Å². The van der Waals surface area contributed by atoms with E-state index in [2.05, 4.69) is 10.3 Å². The number of hydrogen-bond acceptors (Lipinski definition) is 2. The molecule has 0 amide bonds. The van der Waals surface area contributed by atoms with Crippen LogP contribution in [0.15, 0.2) is 12.3 Å². The van der Waals surface area contributed by atoms with Crippen molar-refractivity contribution < 1.29 is 4.39 Å². The second-order valence-electron chi connectivity index (χ2n) is 2.40. The van der Waals surface area contributed by atoms with Crippen molar-refractivity contribution in [3.05, 3.63) is 28.8 Å². The Bertz CT molecular complexity index is 265. The molecule has 0 aliphatic rings. The minimum atomic E-state index is -0.466. The van der Waals surface area contributed by atoms with Gasteiger partial charge in [0.05, 0.1) is 0 Å². The average molecular weight is 189 g/mol. The zero-order valence-electron chi connectivity index (χ0n) is 6.77. The van der Waals surface area contributed by atoms with E-state index in [-0.39, 0.29) is 5.15 Å². The molecule has 0 unspecified atom stereocenters. The van der Waals surface area contributed by atoms with Crippen LogP contribution in [0.25, 0.3) is 0 Å². The van der Waals surface area contributed by atoms with Gasteiger partial charge in [-0.1, -0.05) is 18.5 Å². The first-order valence-corrected chi connectivity index (χ1v) is 4.12. The van der Waals surface area contributed by atoms with Crippen LogP contribution in [0.5, 0.6) is 0 Å². The van der Waals surface area contributed by atoms with Crippen molar-refractivity contribution in [2.45, 2.75) is 13.5 Å². The monoisotopic (exact) mass is 188 g/mol. The lowest BCUT2D eigenvalue weighted by Gasteiger charge is -2.01. The molecule has 0 aliphatic heterocycles. The molecule has 1 N–H and O–H groups in total. The SMILES string of the molecule is CCNCc1cnc(Cl)c(F)c1. The molecule has 1 aromatic heterocycles. The van der Waals surface area contributed by atoms with E-state index in [1.54, 1.807) is 6.20 Å².